The molecular weight excluding hydrogens is 288 g/mol. The summed E-state index contributed by atoms with van der Waals surface area (Å²) in [6, 6.07) is 4.76. The number of fused-ring (bicyclic) bond motifs is 1. The molecule has 6 heteroatoms. The van der Waals surface area contributed by atoms with Crippen LogP contribution in [0.25, 0.3) is 11.1 Å². The van der Waals surface area contributed by atoms with Crippen LogP contribution in [0.4, 0.5) is 0 Å². The molecule has 1 aromatic heterocycles. The Morgan fingerprint density at radius 1 is 1.53 bits per heavy atom. The summed E-state index contributed by atoms with van der Waals surface area (Å²) < 4.78 is 5.43. The highest BCUT2D eigenvalue weighted by Gasteiger charge is 2.06. The molecule has 0 fully saturated rings. The van der Waals surface area contributed by atoms with Gasteiger partial charge in [0.25, 0.3) is 0 Å². The lowest BCUT2D eigenvalue weighted by molar-refractivity contribution is -0.118. The number of hydrogen-bond acceptors (Lipinski definition) is 4. The molecule has 0 bridgehead atoms. The van der Waals surface area contributed by atoms with Crippen LogP contribution in [0.1, 0.15) is 5.89 Å². The number of halogens is 1. The number of phenolic OH excluding ortho intramolecular Hbond substituents is 1. The topological polar surface area (TPSA) is 75.4 Å². The second-order valence-corrected chi connectivity index (χ2v) is 4.05. The zero-order valence-electron chi connectivity index (χ0n) is 8.94. The van der Waals surface area contributed by atoms with Crippen LogP contribution >= 0.6 is 15.9 Å². The van der Waals surface area contributed by atoms with Crippen molar-refractivity contribution in [3.05, 3.63) is 24.1 Å². The van der Waals surface area contributed by atoms with E-state index in [1.54, 1.807) is 12.1 Å². The zero-order valence-corrected chi connectivity index (χ0v) is 10.5. The van der Waals surface area contributed by atoms with Crippen molar-refractivity contribution in [2.24, 2.45) is 0 Å². The molecule has 1 aromatic carbocycles. The molecule has 5 nitrogen and oxygen atoms in total. The Hall–Kier alpha value is -1.56. The van der Waals surface area contributed by atoms with E-state index in [0.717, 1.165) is 0 Å². The van der Waals surface area contributed by atoms with Crippen molar-refractivity contribution in [2.75, 3.05) is 11.9 Å². The van der Waals surface area contributed by atoms with Gasteiger partial charge in [0, 0.05) is 19.0 Å². The Labute approximate surface area is 106 Å². The molecule has 0 atom stereocenters. The van der Waals surface area contributed by atoms with Gasteiger partial charge in [0.2, 0.25) is 5.91 Å². The van der Waals surface area contributed by atoms with E-state index in [0.29, 0.717) is 30.0 Å². The number of benzene rings is 1. The summed E-state index contributed by atoms with van der Waals surface area (Å²) in [5, 5.41) is 12.3. The van der Waals surface area contributed by atoms with Crippen LogP contribution in [-0.2, 0) is 11.2 Å². The van der Waals surface area contributed by atoms with Gasteiger partial charge in [0.05, 0.1) is 5.33 Å². The number of nitrogens with zero attached hydrogens (tertiary/aromatic N) is 1. The van der Waals surface area contributed by atoms with Crippen molar-refractivity contribution in [2.45, 2.75) is 6.42 Å². The quantitative estimate of drug-likeness (QED) is 0.841. The monoisotopic (exact) mass is 298 g/mol. The lowest BCUT2D eigenvalue weighted by Gasteiger charge is -1.98. The van der Waals surface area contributed by atoms with Gasteiger partial charge in [-0.15, -0.1) is 0 Å². The number of phenols is 1. The number of amides is 1. The minimum atomic E-state index is -0.0706. The summed E-state index contributed by atoms with van der Waals surface area (Å²) in [5.74, 6) is 0.618. The Balaban J connectivity index is 2.02. The molecule has 0 unspecified atom stereocenters. The van der Waals surface area contributed by atoms with Crippen molar-refractivity contribution in [3.8, 4) is 5.75 Å². The molecule has 17 heavy (non-hydrogen) atoms. The van der Waals surface area contributed by atoms with Gasteiger partial charge < -0.3 is 14.8 Å². The predicted octanol–water partition coefficient (Wildman–Crippen LogP) is 1.59. The first-order valence-electron chi connectivity index (χ1n) is 5.10. The highest BCUT2D eigenvalue weighted by Crippen LogP contribution is 2.20. The minimum absolute atomic E-state index is 0.0706. The van der Waals surface area contributed by atoms with Gasteiger partial charge in [-0.3, -0.25) is 4.79 Å². The first-order valence-corrected chi connectivity index (χ1v) is 6.22. The number of aromatic hydroxyl groups is 1. The second-order valence-electron chi connectivity index (χ2n) is 3.49. The fraction of sp³-hybridized carbons (Fsp3) is 0.273. The van der Waals surface area contributed by atoms with Gasteiger partial charge >= 0.3 is 0 Å². The SMILES string of the molecule is O=C(CBr)NCCc1nc2ccc(O)cc2o1. The summed E-state index contributed by atoms with van der Waals surface area (Å²) in [6.07, 6.45) is 0.522. The molecule has 90 valence electrons. The number of carbonyl (C=O) groups excluding carboxylic acids is 1. The molecule has 2 aromatic rings. The van der Waals surface area contributed by atoms with E-state index >= 15 is 0 Å². The predicted molar refractivity (Wildman–Crippen MR) is 66.2 cm³/mol. The van der Waals surface area contributed by atoms with Gasteiger partial charge in [-0.2, -0.15) is 0 Å². The molecule has 0 spiro atoms. The average Bonchev–Trinajstić information content (AvgIpc) is 2.70. The normalized spacial score (nSPS) is 10.6. The number of hydrogen-bond donors (Lipinski definition) is 2. The first kappa shape index (κ1) is 11.9. The maximum atomic E-state index is 11.0. The fourth-order valence-electron chi connectivity index (χ4n) is 1.42. The Morgan fingerprint density at radius 3 is 3.12 bits per heavy atom. The van der Waals surface area contributed by atoms with E-state index in [2.05, 4.69) is 26.2 Å². The van der Waals surface area contributed by atoms with Crippen LogP contribution in [0, 0.1) is 0 Å². The van der Waals surface area contributed by atoms with Crippen LogP contribution in [0.15, 0.2) is 22.6 Å². The summed E-state index contributed by atoms with van der Waals surface area (Å²) in [7, 11) is 0. The first-order chi connectivity index (χ1) is 8.19. The van der Waals surface area contributed by atoms with E-state index < -0.39 is 0 Å². The highest BCUT2D eigenvalue weighted by atomic mass is 79.9. The molecule has 0 aliphatic rings. The van der Waals surface area contributed by atoms with Crippen LogP contribution < -0.4 is 5.32 Å². The fourth-order valence-corrected chi connectivity index (χ4v) is 1.62. The maximum absolute atomic E-state index is 11.0. The van der Waals surface area contributed by atoms with Gasteiger partial charge in [0.15, 0.2) is 11.5 Å². The lowest BCUT2D eigenvalue weighted by Crippen LogP contribution is -2.26. The van der Waals surface area contributed by atoms with E-state index in [-0.39, 0.29) is 17.0 Å². The molecule has 1 heterocycles. The molecule has 2 rings (SSSR count). The number of alkyl halides is 1. The number of oxazole rings is 1. The maximum Gasteiger partial charge on any atom is 0.230 e. The number of rotatable bonds is 4. The molecule has 0 saturated heterocycles. The van der Waals surface area contributed by atoms with Crippen molar-refractivity contribution in [3.63, 3.8) is 0 Å². The third-order valence-electron chi connectivity index (χ3n) is 2.20. The summed E-state index contributed by atoms with van der Waals surface area (Å²) in [6.45, 7) is 0.475. The Bertz CT molecular complexity index is 538. The molecule has 0 saturated carbocycles. The van der Waals surface area contributed by atoms with Crippen molar-refractivity contribution >= 4 is 32.9 Å². The van der Waals surface area contributed by atoms with E-state index in [1.807, 2.05) is 0 Å². The molecular formula is C11H11BrN2O3. The summed E-state index contributed by atoms with van der Waals surface area (Å²) in [5.41, 5.74) is 1.25. The highest BCUT2D eigenvalue weighted by molar-refractivity contribution is 9.09. The number of aromatic nitrogens is 1. The van der Waals surface area contributed by atoms with E-state index in [4.69, 9.17) is 4.42 Å². The molecule has 2 N–H and O–H groups in total. The van der Waals surface area contributed by atoms with Crippen molar-refractivity contribution in [1.29, 1.82) is 0 Å². The van der Waals surface area contributed by atoms with E-state index in [1.165, 1.54) is 6.07 Å². The van der Waals surface area contributed by atoms with Gasteiger partial charge in [-0.25, -0.2) is 4.98 Å². The van der Waals surface area contributed by atoms with Gasteiger partial charge in [0.1, 0.15) is 11.3 Å². The standard InChI is InChI=1S/C11H11BrN2O3/c12-6-10(16)13-4-3-11-14-8-2-1-7(15)5-9(8)17-11/h1-2,5,15H,3-4,6H2,(H,13,16). The van der Waals surface area contributed by atoms with Crippen LogP contribution in [0.3, 0.4) is 0 Å². The van der Waals surface area contributed by atoms with Crippen LogP contribution in [0.2, 0.25) is 0 Å². The Kier molecular flexibility index (Phi) is 3.63. The Morgan fingerprint density at radius 2 is 2.35 bits per heavy atom. The average molecular weight is 299 g/mol. The third kappa shape index (κ3) is 2.97. The molecule has 0 aliphatic carbocycles. The molecule has 1 amide bonds. The van der Waals surface area contributed by atoms with Crippen molar-refractivity contribution in [1.82, 2.24) is 10.3 Å². The smallest absolute Gasteiger partial charge is 0.230 e. The lowest BCUT2D eigenvalue weighted by atomic mass is 10.3. The van der Waals surface area contributed by atoms with Crippen molar-refractivity contribution < 1.29 is 14.3 Å². The van der Waals surface area contributed by atoms with Gasteiger partial charge in [-0.1, -0.05) is 15.9 Å². The van der Waals surface area contributed by atoms with Crippen LogP contribution in [-0.4, -0.2) is 27.9 Å². The molecule has 0 radical (unpaired) electrons. The molecule has 0 aliphatic heterocycles. The minimum Gasteiger partial charge on any atom is -0.508 e. The largest absolute Gasteiger partial charge is 0.508 e. The van der Waals surface area contributed by atoms with Crippen LogP contribution in [0.5, 0.6) is 5.75 Å². The second kappa shape index (κ2) is 5.18. The van der Waals surface area contributed by atoms with E-state index in [9.17, 15) is 9.90 Å². The number of carbonyl (C=O) groups is 1. The zero-order chi connectivity index (χ0) is 12.3. The third-order valence-corrected chi connectivity index (χ3v) is 2.71. The summed E-state index contributed by atoms with van der Waals surface area (Å²) >= 11 is 3.06. The summed E-state index contributed by atoms with van der Waals surface area (Å²) in [4.78, 5) is 15.2. The number of nitrogens with one attached hydrogen (secondary N) is 1. The van der Waals surface area contributed by atoms with Gasteiger partial charge in [-0.05, 0) is 12.1 Å².